The minimum absolute atomic E-state index is 0.0662. The second-order valence-electron chi connectivity index (χ2n) is 7.51. The molecule has 1 atom stereocenters. The van der Waals surface area contributed by atoms with Crippen molar-refractivity contribution in [1.82, 2.24) is 0 Å². The van der Waals surface area contributed by atoms with Gasteiger partial charge in [-0.1, -0.05) is 12.1 Å². The number of anilines is 1. The average Bonchev–Trinajstić information content (AvgIpc) is 2.40. The molecular weight excluding hydrogens is 244 g/mol. The van der Waals surface area contributed by atoms with Crippen LogP contribution in [-0.2, 0) is 0 Å². The Balaban J connectivity index is 1.71. The van der Waals surface area contributed by atoms with Crippen LogP contribution in [0.4, 0.5) is 5.69 Å². The van der Waals surface area contributed by atoms with E-state index in [2.05, 4.69) is 18.2 Å². The van der Waals surface area contributed by atoms with Crippen LogP contribution in [-0.4, -0.2) is 0 Å². The standard InChI is InChI=1S/C18H22N2/c19-11-17(15-1-3-16(20)4-2-15)18-8-12-5-13(9-18)7-14(6-12)10-18/h1-4,12-14,17H,5-10,20H2. The van der Waals surface area contributed by atoms with E-state index in [1.807, 2.05) is 12.1 Å². The highest BCUT2D eigenvalue weighted by Crippen LogP contribution is 2.64. The molecule has 0 aliphatic heterocycles. The highest BCUT2D eigenvalue weighted by molar-refractivity contribution is 5.42. The van der Waals surface area contributed by atoms with Crippen LogP contribution in [0.25, 0.3) is 0 Å². The van der Waals surface area contributed by atoms with Crippen molar-refractivity contribution >= 4 is 5.69 Å². The fraction of sp³-hybridized carbons (Fsp3) is 0.611. The van der Waals surface area contributed by atoms with Crippen LogP contribution in [0.1, 0.15) is 50.0 Å². The fourth-order valence-electron chi connectivity index (χ4n) is 5.78. The molecule has 2 heteroatoms. The lowest BCUT2D eigenvalue weighted by Gasteiger charge is -2.58. The first-order valence-corrected chi connectivity index (χ1v) is 7.93. The molecule has 5 rings (SSSR count). The molecular formula is C18H22N2. The van der Waals surface area contributed by atoms with Gasteiger partial charge in [-0.25, -0.2) is 0 Å². The Bertz CT molecular complexity index is 516. The van der Waals surface area contributed by atoms with Gasteiger partial charge in [0.25, 0.3) is 0 Å². The summed E-state index contributed by atoms with van der Waals surface area (Å²) < 4.78 is 0. The first-order chi connectivity index (χ1) is 9.68. The highest BCUT2D eigenvalue weighted by Gasteiger charge is 2.54. The fourth-order valence-corrected chi connectivity index (χ4v) is 5.78. The Hall–Kier alpha value is -1.49. The summed E-state index contributed by atoms with van der Waals surface area (Å²) in [4.78, 5) is 0. The van der Waals surface area contributed by atoms with Crippen LogP contribution < -0.4 is 5.73 Å². The zero-order chi connectivity index (χ0) is 13.7. The van der Waals surface area contributed by atoms with Gasteiger partial charge in [-0.05, 0) is 79.4 Å². The maximum Gasteiger partial charge on any atom is 0.0769 e. The van der Waals surface area contributed by atoms with E-state index in [4.69, 9.17) is 5.73 Å². The van der Waals surface area contributed by atoms with Crippen molar-refractivity contribution in [1.29, 1.82) is 5.26 Å². The molecule has 0 radical (unpaired) electrons. The SMILES string of the molecule is N#CC(c1ccc(N)cc1)C12CC3CC(CC(C3)C1)C2. The summed E-state index contributed by atoms with van der Waals surface area (Å²) in [5.74, 6) is 2.75. The van der Waals surface area contributed by atoms with Crippen molar-refractivity contribution in [2.24, 2.45) is 23.2 Å². The van der Waals surface area contributed by atoms with Crippen molar-refractivity contribution < 1.29 is 0 Å². The largest absolute Gasteiger partial charge is 0.399 e. The molecule has 4 saturated carbocycles. The number of nitrogens with zero attached hydrogens (tertiary/aromatic N) is 1. The Morgan fingerprint density at radius 2 is 1.50 bits per heavy atom. The van der Waals surface area contributed by atoms with E-state index >= 15 is 0 Å². The molecule has 20 heavy (non-hydrogen) atoms. The monoisotopic (exact) mass is 266 g/mol. The number of nitriles is 1. The summed E-state index contributed by atoms with van der Waals surface area (Å²) in [6.07, 6.45) is 8.13. The molecule has 4 aliphatic carbocycles. The molecule has 2 N–H and O–H groups in total. The van der Waals surface area contributed by atoms with Crippen molar-refractivity contribution in [3.8, 4) is 6.07 Å². The Morgan fingerprint density at radius 3 is 1.95 bits per heavy atom. The molecule has 0 heterocycles. The number of rotatable bonds is 2. The van der Waals surface area contributed by atoms with E-state index in [1.54, 1.807) is 0 Å². The maximum atomic E-state index is 9.83. The molecule has 1 aromatic carbocycles. The molecule has 1 aromatic rings. The number of nitrogens with two attached hydrogens (primary N) is 1. The van der Waals surface area contributed by atoms with Crippen molar-refractivity contribution in [2.45, 2.75) is 44.4 Å². The highest BCUT2D eigenvalue weighted by atomic mass is 14.6. The second kappa shape index (κ2) is 4.25. The van der Waals surface area contributed by atoms with E-state index in [0.717, 1.165) is 23.4 Å². The van der Waals surface area contributed by atoms with Gasteiger partial charge < -0.3 is 5.73 Å². The molecule has 0 saturated heterocycles. The van der Waals surface area contributed by atoms with Gasteiger partial charge in [0, 0.05) is 5.69 Å². The minimum atomic E-state index is 0.0662. The van der Waals surface area contributed by atoms with E-state index < -0.39 is 0 Å². The van der Waals surface area contributed by atoms with Gasteiger partial charge in [0.2, 0.25) is 0 Å². The number of hydrogen-bond donors (Lipinski definition) is 1. The van der Waals surface area contributed by atoms with Crippen molar-refractivity contribution in [2.75, 3.05) is 5.73 Å². The molecule has 4 fully saturated rings. The van der Waals surface area contributed by atoms with Crippen LogP contribution in [0, 0.1) is 34.5 Å². The molecule has 0 amide bonds. The number of hydrogen-bond acceptors (Lipinski definition) is 2. The number of nitrogen functional groups attached to an aromatic ring is 1. The predicted octanol–water partition coefficient (Wildman–Crippen LogP) is 4.09. The van der Waals surface area contributed by atoms with Crippen LogP contribution in [0.3, 0.4) is 0 Å². The average molecular weight is 266 g/mol. The van der Waals surface area contributed by atoms with E-state index in [-0.39, 0.29) is 11.3 Å². The second-order valence-corrected chi connectivity index (χ2v) is 7.51. The Kier molecular flexibility index (Phi) is 2.61. The van der Waals surface area contributed by atoms with Crippen LogP contribution in [0.2, 0.25) is 0 Å². The Morgan fingerprint density at radius 1 is 1.00 bits per heavy atom. The summed E-state index contributed by atoms with van der Waals surface area (Å²) in [6.45, 7) is 0. The molecule has 1 unspecified atom stereocenters. The quantitative estimate of drug-likeness (QED) is 0.819. The topological polar surface area (TPSA) is 49.8 Å². The van der Waals surface area contributed by atoms with Gasteiger partial charge >= 0.3 is 0 Å². The van der Waals surface area contributed by atoms with Crippen LogP contribution in [0.5, 0.6) is 0 Å². The Labute approximate surface area is 121 Å². The predicted molar refractivity (Wildman–Crippen MR) is 79.8 cm³/mol. The summed E-state index contributed by atoms with van der Waals surface area (Å²) in [5.41, 5.74) is 8.03. The summed E-state index contributed by atoms with van der Waals surface area (Å²) in [7, 11) is 0. The van der Waals surface area contributed by atoms with Crippen LogP contribution >= 0.6 is 0 Å². The summed E-state index contributed by atoms with van der Waals surface area (Å²) >= 11 is 0. The first-order valence-electron chi connectivity index (χ1n) is 7.93. The minimum Gasteiger partial charge on any atom is -0.399 e. The van der Waals surface area contributed by atoms with Gasteiger partial charge in [0.1, 0.15) is 0 Å². The molecule has 104 valence electrons. The maximum absolute atomic E-state index is 9.83. The van der Waals surface area contributed by atoms with Crippen molar-refractivity contribution in [3.05, 3.63) is 29.8 Å². The van der Waals surface area contributed by atoms with E-state index in [1.165, 1.54) is 44.1 Å². The van der Waals surface area contributed by atoms with E-state index in [0.29, 0.717) is 0 Å². The molecule has 4 aliphatic rings. The third-order valence-electron chi connectivity index (χ3n) is 6.10. The summed E-state index contributed by atoms with van der Waals surface area (Å²) in [6, 6.07) is 10.7. The third-order valence-corrected chi connectivity index (χ3v) is 6.10. The smallest absolute Gasteiger partial charge is 0.0769 e. The molecule has 2 nitrogen and oxygen atoms in total. The van der Waals surface area contributed by atoms with Crippen molar-refractivity contribution in [3.63, 3.8) is 0 Å². The van der Waals surface area contributed by atoms with Gasteiger partial charge in [-0.15, -0.1) is 0 Å². The zero-order valence-corrected chi connectivity index (χ0v) is 11.9. The van der Waals surface area contributed by atoms with Gasteiger partial charge in [0.15, 0.2) is 0 Å². The zero-order valence-electron chi connectivity index (χ0n) is 11.9. The summed E-state index contributed by atoms with van der Waals surface area (Å²) in [5, 5.41) is 9.83. The van der Waals surface area contributed by atoms with Gasteiger partial charge in [-0.3, -0.25) is 0 Å². The third kappa shape index (κ3) is 1.76. The van der Waals surface area contributed by atoms with Crippen LogP contribution in [0.15, 0.2) is 24.3 Å². The first kappa shape index (κ1) is 12.3. The molecule has 4 bridgehead atoms. The lowest BCUT2D eigenvalue weighted by Crippen LogP contribution is -2.48. The van der Waals surface area contributed by atoms with Gasteiger partial charge in [-0.2, -0.15) is 5.26 Å². The lowest BCUT2D eigenvalue weighted by molar-refractivity contribution is -0.0594. The molecule has 0 aromatic heterocycles. The normalized spacial score (nSPS) is 39.5. The van der Waals surface area contributed by atoms with E-state index in [9.17, 15) is 5.26 Å². The van der Waals surface area contributed by atoms with Gasteiger partial charge in [0.05, 0.1) is 12.0 Å². The lowest BCUT2D eigenvalue weighted by atomic mass is 9.46. The number of benzene rings is 1. The molecule has 0 spiro atoms.